The van der Waals surface area contributed by atoms with Crippen LogP contribution in [-0.2, 0) is 0 Å². The smallest absolute Gasteiger partial charge is 0.159 e. The molecule has 12 aromatic carbocycles. The fourth-order valence-electron chi connectivity index (χ4n) is 10.5. The van der Waals surface area contributed by atoms with Crippen molar-refractivity contribution in [3.8, 4) is 22.3 Å². The third-order valence-corrected chi connectivity index (χ3v) is 13.9. The Hall–Kier alpha value is -8.86. The van der Waals surface area contributed by atoms with Crippen molar-refractivity contribution >= 4 is 98.2 Å². The second-order valence-electron chi connectivity index (χ2n) is 17.7. The number of aliphatic imine (C=N–C) groups is 2. The van der Waals surface area contributed by atoms with E-state index >= 15 is 0 Å². The van der Waals surface area contributed by atoms with E-state index in [0.717, 1.165) is 66.7 Å². The van der Waals surface area contributed by atoms with Crippen LogP contribution in [-0.4, -0.2) is 11.7 Å². The fourth-order valence-corrected chi connectivity index (χ4v) is 10.5. The molecule has 0 radical (unpaired) electrons. The maximum Gasteiger partial charge on any atom is 0.159 e. The van der Waals surface area contributed by atoms with E-state index in [1.54, 1.807) is 0 Å². The van der Waals surface area contributed by atoms with Gasteiger partial charge in [-0.2, -0.15) is 0 Å². The van der Waals surface area contributed by atoms with Crippen molar-refractivity contribution in [3.63, 3.8) is 0 Å². The minimum atomic E-state index is -0.373. The number of furan rings is 1. The maximum atomic E-state index is 6.61. The topological polar surface area (TPSA) is 49.9 Å². The van der Waals surface area contributed by atoms with Gasteiger partial charge in [-0.3, -0.25) is 0 Å². The van der Waals surface area contributed by atoms with Crippen molar-refractivity contribution in [1.29, 1.82) is 0 Å². The predicted octanol–water partition coefficient (Wildman–Crippen LogP) is 16.3. The number of nitrogens with one attached hydrogen (secondary N) is 1. The summed E-state index contributed by atoms with van der Waals surface area (Å²) >= 11 is 0. The first-order valence-electron chi connectivity index (χ1n) is 22.9. The van der Waals surface area contributed by atoms with Crippen LogP contribution in [0.5, 0.6) is 0 Å². The van der Waals surface area contributed by atoms with E-state index in [2.05, 4.69) is 224 Å². The lowest BCUT2D eigenvalue weighted by atomic mass is 9.92. The molecule has 1 aliphatic heterocycles. The molecule has 1 N–H and O–H groups in total. The molecule has 0 bridgehead atoms. The van der Waals surface area contributed by atoms with Crippen LogP contribution >= 0.6 is 0 Å². The number of hydrogen-bond acceptors (Lipinski definition) is 4. The zero-order valence-corrected chi connectivity index (χ0v) is 36.2. The Kier molecular flexibility index (Phi) is 8.31. The molecule has 2 heterocycles. The van der Waals surface area contributed by atoms with Gasteiger partial charge in [0.15, 0.2) is 5.84 Å². The van der Waals surface area contributed by atoms with E-state index in [0.29, 0.717) is 5.84 Å². The van der Waals surface area contributed by atoms with Gasteiger partial charge in [-0.15, -0.1) is 0 Å². The molecule has 1 atom stereocenters. The summed E-state index contributed by atoms with van der Waals surface area (Å²) in [7, 11) is 0. The van der Waals surface area contributed by atoms with Gasteiger partial charge >= 0.3 is 0 Å². The number of benzene rings is 12. The fraction of sp³-hybridized carbons (Fsp3) is 0.0159. The SMILES string of the molecule is c1ccc2c(c1)ccc1cc(-c3cc(-c4ccc(C5=NC(c6ccc7ccc8ccccc8c7c6)=NC(c6ccc7ccc8ccccc8c7c6)N5)cc4)c4c(c3)oc3ccccc34)ccc12. The van der Waals surface area contributed by atoms with Crippen LogP contribution in [0.3, 0.4) is 0 Å². The molecule has 0 aliphatic carbocycles. The molecule has 1 aliphatic rings. The van der Waals surface area contributed by atoms with Gasteiger partial charge in [-0.1, -0.05) is 188 Å². The Morgan fingerprint density at radius 1 is 0.343 bits per heavy atom. The highest BCUT2D eigenvalue weighted by atomic mass is 16.3. The number of nitrogens with zero attached hydrogens (tertiary/aromatic N) is 2. The van der Waals surface area contributed by atoms with Gasteiger partial charge < -0.3 is 9.73 Å². The summed E-state index contributed by atoms with van der Waals surface area (Å²) in [6.45, 7) is 0. The van der Waals surface area contributed by atoms with Gasteiger partial charge in [0.1, 0.15) is 23.2 Å². The Bertz CT molecular complexity index is 4250. The lowest BCUT2D eigenvalue weighted by molar-refractivity contribution is 0.669. The van der Waals surface area contributed by atoms with E-state index in [9.17, 15) is 0 Å². The van der Waals surface area contributed by atoms with Crippen LogP contribution in [0.25, 0.3) is 109 Å². The summed E-state index contributed by atoms with van der Waals surface area (Å²) in [6, 6.07) is 80.8. The highest BCUT2D eigenvalue weighted by Gasteiger charge is 2.23. The first kappa shape index (κ1) is 37.5. The summed E-state index contributed by atoms with van der Waals surface area (Å²) in [6.07, 6.45) is -0.373. The van der Waals surface area contributed by atoms with Crippen LogP contribution < -0.4 is 5.32 Å². The molecule has 0 fully saturated rings. The van der Waals surface area contributed by atoms with Gasteiger partial charge in [0.25, 0.3) is 0 Å². The van der Waals surface area contributed by atoms with Gasteiger partial charge in [0, 0.05) is 21.9 Å². The lowest BCUT2D eigenvalue weighted by Gasteiger charge is -2.24. The number of amidine groups is 2. The summed E-state index contributed by atoms with van der Waals surface area (Å²) in [5.41, 5.74) is 9.23. The first-order chi connectivity index (χ1) is 33.1. The Labute approximate surface area is 385 Å². The van der Waals surface area contributed by atoms with E-state index in [1.807, 2.05) is 6.07 Å². The summed E-state index contributed by atoms with van der Waals surface area (Å²) in [5.74, 6) is 1.47. The van der Waals surface area contributed by atoms with Crippen LogP contribution in [0.4, 0.5) is 0 Å². The van der Waals surface area contributed by atoms with Crippen LogP contribution in [0.15, 0.2) is 239 Å². The molecular weight excluding hydrogens is 815 g/mol. The van der Waals surface area contributed by atoms with E-state index in [1.165, 1.54) is 64.6 Å². The molecule has 4 nitrogen and oxygen atoms in total. The molecule has 14 rings (SSSR count). The van der Waals surface area contributed by atoms with Gasteiger partial charge in [-0.05, 0) is 129 Å². The molecular formula is C63H39N3O. The summed E-state index contributed by atoms with van der Waals surface area (Å²) in [4.78, 5) is 10.7. The monoisotopic (exact) mass is 853 g/mol. The first-order valence-corrected chi connectivity index (χ1v) is 22.9. The number of hydrogen-bond donors (Lipinski definition) is 1. The largest absolute Gasteiger partial charge is 0.456 e. The minimum absolute atomic E-state index is 0.373. The summed E-state index contributed by atoms with van der Waals surface area (Å²) < 4.78 is 6.61. The van der Waals surface area contributed by atoms with Crippen molar-refractivity contribution in [2.45, 2.75) is 6.17 Å². The predicted molar refractivity (Wildman–Crippen MR) is 281 cm³/mol. The molecule has 13 aromatic rings. The molecule has 312 valence electrons. The molecule has 1 aromatic heterocycles. The zero-order chi connectivity index (χ0) is 44.0. The standard InChI is InChI=1S/C63H39N3O/c1-4-12-50-38(9-1)23-28-46-33-45(31-32-53(46)50)49-36-57(60-54-15-7-8-16-58(54)67-59(60)37-49)43-21-26-44(27-22-43)61-64-62(47-29-24-41-19-17-39-10-2-5-13-51(39)55(41)34-47)66-63(65-61)48-30-25-42-20-18-40-11-3-6-14-52(40)56(42)35-48/h1-37,62H,(H,64,65,66). The average molecular weight is 854 g/mol. The number of fused-ring (bicyclic) bond motifs is 12. The van der Waals surface area contributed by atoms with E-state index in [4.69, 9.17) is 14.4 Å². The van der Waals surface area contributed by atoms with Crippen LogP contribution in [0.1, 0.15) is 22.9 Å². The third-order valence-electron chi connectivity index (χ3n) is 13.9. The van der Waals surface area contributed by atoms with Crippen molar-refractivity contribution in [3.05, 3.63) is 241 Å². The highest BCUT2D eigenvalue weighted by molar-refractivity contribution is 6.18. The molecule has 67 heavy (non-hydrogen) atoms. The quantitative estimate of drug-likeness (QED) is 0.175. The normalized spacial score (nSPS) is 14.1. The Morgan fingerprint density at radius 3 is 1.58 bits per heavy atom. The van der Waals surface area contributed by atoms with Gasteiger partial charge in [0.2, 0.25) is 0 Å². The average Bonchev–Trinajstić information content (AvgIpc) is 3.78. The molecule has 0 spiro atoms. The van der Waals surface area contributed by atoms with Crippen molar-refractivity contribution < 1.29 is 4.42 Å². The zero-order valence-electron chi connectivity index (χ0n) is 36.2. The van der Waals surface area contributed by atoms with E-state index < -0.39 is 0 Å². The molecule has 0 saturated carbocycles. The van der Waals surface area contributed by atoms with Crippen LogP contribution in [0, 0.1) is 0 Å². The third kappa shape index (κ3) is 6.22. The molecule has 0 amide bonds. The Morgan fingerprint density at radius 2 is 0.866 bits per heavy atom. The molecule has 4 heteroatoms. The second kappa shape index (κ2) is 14.8. The molecule has 0 saturated heterocycles. The van der Waals surface area contributed by atoms with Gasteiger partial charge in [-0.25, -0.2) is 9.98 Å². The number of rotatable bonds is 5. The van der Waals surface area contributed by atoms with E-state index in [-0.39, 0.29) is 6.17 Å². The minimum Gasteiger partial charge on any atom is -0.456 e. The van der Waals surface area contributed by atoms with Crippen LogP contribution in [0.2, 0.25) is 0 Å². The Balaban J connectivity index is 0.897. The van der Waals surface area contributed by atoms with Gasteiger partial charge in [0.05, 0.1) is 0 Å². The number of para-hydroxylation sites is 1. The lowest BCUT2D eigenvalue weighted by Crippen LogP contribution is -2.33. The molecule has 1 unspecified atom stereocenters. The van der Waals surface area contributed by atoms with Crippen molar-refractivity contribution in [2.24, 2.45) is 9.98 Å². The second-order valence-corrected chi connectivity index (χ2v) is 17.7. The highest BCUT2D eigenvalue weighted by Crippen LogP contribution is 2.41. The van der Waals surface area contributed by atoms with Crippen molar-refractivity contribution in [1.82, 2.24) is 5.32 Å². The maximum absolute atomic E-state index is 6.61. The van der Waals surface area contributed by atoms with Crippen molar-refractivity contribution in [2.75, 3.05) is 0 Å². The summed E-state index contributed by atoms with van der Waals surface area (Å²) in [5, 5.41) is 20.6.